The van der Waals surface area contributed by atoms with E-state index in [0.717, 1.165) is 5.57 Å². The van der Waals surface area contributed by atoms with Gasteiger partial charge in [-0.3, -0.25) is 0 Å². The minimum Gasteiger partial charge on any atom is -0.462 e. The third-order valence-corrected chi connectivity index (χ3v) is 2.55. The summed E-state index contributed by atoms with van der Waals surface area (Å²) in [5.41, 5.74) is 1.06. The predicted molar refractivity (Wildman–Crippen MR) is 65.5 cm³/mol. The molecular weight excluding hydrogens is 312 g/mol. The Morgan fingerprint density at radius 1 is 1.50 bits per heavy atom. The summed E-state index contributed by atoms with van der Waals surface area (Å²) < 4.78 is 5.19. The molecule has 0 aliphatic rings. The highest BCUT2D eigenvalue weighted by Crippen LogP contribution is 2.08. The number of rotatable bonds is 4. The Hall–Kier alpha value is -0.350. The molecule has 0 amide bonds. The van der Waals surface area contributed by atoms with Gasteiger partial charge in [0.2, 0.25) is 0 Å². The van der Waals surface area contributed by atoms with Crippen LogP contribution in [0.5, 0.6) is 0 Å². The van der Waals surface area contributed by atoms with E-state index < -0.39 is 0 Å². The first kappa shape index (κ1) is 13.7. The molecule has 2 nitrogen and oxygen atoms in total. The Kier molecular flexibility index (Phi) is 7.80. The van der Waals surface area contributed by atoms with Crippen LogP contribution in [-0.2, 0) is 9.53 Å². The smallest absolute Gasteiger partial charge is 0.345 e. The van der Waals surface area contributed by atoms with Crippen LogP contribution in [0.25, 0.3) is 0 Å². The molecule has 0 fully saturated rings. The fourth-order valence-electron chi connectivity index (χ4n) is 0.589. The van der Waals surface area contributed by atoms with Crippen molar-refractivity contribution in [1.82, 2.24) is 0 Å². The number of halogens is 2. The topological polar surface area (TPSA) is 26.3 Å². The van der Waals surface area contributed by atoms with Gasteiger partial charge in [-0.15, -0.1) is 0 Å². The Morgan fingerprint density at radius 2 is 2.14 bits per heavy atom. The van der Waals surface area contributed by atoms with E-state index in [0.29, 0.717) is 11.1 Å². The van der Waals surface area contributed by atoms with Crippen LogP contribution in [0.15, 0.2) is 33.3 Å². The number of carbonyl (C=O) groups excluding carboxylic acids is 1. The largest absolute Gasteiger partial charge is 0.462 e. The van der Waals surface area contributed by atoms with Crippen LogP contribution in [-0.4, -0.2) is 12.6 Å². The summed E-state index contributed by atoms with van der Waals surface area (Å²) in [6.07, 6.45) is 5.29. The van der Waals surface area contributed by atoms with Crippen LogP contribution in [0.3, 0.4) is 0 Å². The zero-order valence-corrected chi connectivity index (χ0v) is 11.3. The van der Waals surface area contributed by atoms with E-state index >= 15 is 0 Å². The molecule has 0 aromatic heterocycles. The van der Waals surface area contributed by atoms with Crippen LogP contribution in [0, 0.1) is 0 Å². The zero-order chi connectivity index (χ0) is 11.0. The molecule has 0 rings (SSSR count). The Balaban J connectivity index is 4.25. The van der Waals surface area contributed by atoms with E-state index in [2.05, 4.69) is 31.9 Å². The van der Waals surface area contributed by atoms with Gasteiger partial charge in [-0.2, -0.15) is 0 Å². The average Bonchev–Trinajstić information content (AvgIpc) is 2.17. The SMILES string of the molecule is CCOC(=O)\C(Br)=C/C=C/C(C)=C/Br. The van der Waals surface area contributed by atoms with Gasteiger partial charge in [-0.25, -0.2) is 4.79 Å². The van der Waals surface area contributed by atoms with Gasteiger partial charge in [-0.05, 0) is 46.4 Å². The molecule has 0 aliphatic heterocycles. The standard InChI is InChI=1S/C10H12Br2O2/c1-3-14-10(13)9(12)6-4-5-8(2)7-11/h4-7H,3H2,1-2H3/b5-4+,8-7+,9-6+. The van der Waals surface area contributed by atoms with Crippen molar-refractivity contribution >= 4 is 37.8 Å². The Labute approximate surface area is 101 Å². The van der Waals surface area contributed by atoms with Crippen molar-refractivity contribution in [3.63, 3.8) is 0 Å². The van der Waals surface area contributed by atoms with E-state index in [1.165, 1.54) is 0 Å². The van der Waals surface area contributed by atoms with Crippen molar-refractivity contribution in [2.75, 3.05) is 6.61 Å². The van der Waals surface area contributed by atoms with Crippen LogP contribution >= 0.6 is 31.9 Å². The molecule has 0 spiro atoms. The summed E-state index contributed by atoms with van der Waals surface area (Å²) in [5, 5.41) is 0. The lowest BCUT2D eigenvalue weighted by Gasteiger charge is -1.97. The number of allylic oxidation sites excluding steroid dienone is 4. The zero-order valence-electron chi connectivity index (χ0n) is 8.09. The minimum atomic E-state index is -0.349. The van der Waals surface area contributed by atoms with Gasteiger partial charge in [0.05, 0.1) is 6.61 Å². The lowest BCUT2D eigenvalue weighted by molar-refractivity contribution is -0.137. The lowest BCUT2D eigenvalue weighted by atomic mass is 10.3. The van der Waals surface area contributed by atoms with Gasteiger partial charge in [0, 0.05) is 0 Å². The first-order valence-electron chi connectivity index (χ1n) is 4.09. The second kappa shape index (κ2) is 8.00. The first-order chi connectivity index (χ1) is 6.61. The van der Waals surface area contributed by atoms with Crippen LogP contribution in [0.1, 0.15) is 13.8 Å². The van der Waals surface area contributed by atoms with Crippen molar-refractivity contribution in [2.24, 2.45) is 0 Å². The lowest BCUT2D eigenvalue weighted by Crippen LogP contribution is -2.02. The molecule has 0 aromatic carbocycles. The molecule has 4 heteroatoms. The van der Waals surface area contributed by atoms with Crippen molar-refractivity contribution in [3.8, 4) is 0 Å². The fraction of sp³-hybridized carbons (Fsp3) is 0.300. The third-order valence-electron chi connectivity index (χ3n) is 1.24. The highest BCUT2D eigenvalue weighted by molar-refractivity contribution is 9.12. The average molecular weight is 324 g/mol. The highest BCUT2D eigenvalue weighted by atomic mass is 79.9. The molecule has 14 heavy (non-hydrogen) atoms. The molecule has 0 N–H and O–H groups in total. The molecule has 78 valence electrons. The van der Waals surface area contributed by atoms with Gasteiger partial charge < -0.3 is 4.74 Å². The summed E-state index contributed by atoms with van der Waals surface area (Å²) in [6, 6.07) is 0. The summed E-state index contributed by atoms with van der Waals surface area (Å²) in [7, 11) is 0. The normalized spacial score (nSPS) is 13.4. The fourth-order valence-corrected chi connectivity index (χ4v) is 1.01. The van der Waals surface area contributed by atoms with Crippen LogP contribution in [0.2, 0.25) is 0 Å². The summed E-state index contributed by atoms with van der Waals surface area (Å²) in [4.78, 5) is 12.9. The summed E-state index contributed by atoms with van der Waals surface area (Å²) >= 11 is 6.32. The van der Waals surface area contributed by atoms with Gasteiger partial charge in [-0.1, -0.05) is 28.1 Å². The second-order valence-electron chi connectivity index (χ2n) is 2.45. The van der Waals surface area contributed by atoms with E-state index in [1.807, 2.05) is 13.0 Å². The maximum absolute atomic E-state index is 11.1. The predicted octanol–water partition coefficient (Wildman–Crippen LogP) is 3.68. The molecule has 0 aromatic rings. The number of carbonyl (C=O) groups is 1. The van der Waals surface area contributed by atoms with Crippen molar-refractivity contribution in [2.45, 2.75) is 13.8 Å². The molecule has 0 saturated heterocycles. The maximum atomic E-state index is 11.1. The van der Waals surface area contributed by atoms with E-state index in [-0.39, 0.29) is 5.97 Å². The molecule has 0 heterocycles. The van der Waals surface area contributed by atoms with Crippen molar-refractivity contribution in [1.29, 1.82) is 0 Å². The number of esters is 1. The molecule has 0 unspecified atom stereocenters. The Morgan fingerprint density at radius 3 is 2.64 bits per heavy atom. The molecule has 0 radical (unpaired) electrons. The third kappa shape index (κ3) is 6.16. The van der Waals surface area contributed by atoms with Gasteiger partial charge in [0.15, 0.2) is 0 Å². The van der Waals surface area contributed by atoms with Crippen molar-refractivity contribution in [3.05, 3.63) is 33.3 Å². The van der Waals surface area contributed by atoms with Crippen LogP contribution < -0.4 is 0 Å². The highest BCUT2D eigenvalue weighted by Gasteiger charge is 2.03. The molecule has 0 bridgehead atoms. The molecular formula is C10H12Br2O2. The molecule has 0 saturated carbocycles. The van der Waals surface area contributed by atoms with Gasteiger partial charge in [0.25, 0.3) is 0 Å². The van der Waals surface area contributed by atoms with E-state index in [1.54, 1.807) is 24.1 Å². The van der Waals surface area contributed by atoms with E-state index in [4.69, 9.17) is 4.74 Å². The minimum absolute atomic E-state index is 0.349. The van der Waals surface area contributed by atoms with E-state index in [9.17, 15) is 4.79 Å². The monoisotopic (exact) mass is 322 g/mol. The number of hydrogen-bond acceptors (Lipinski definition) is 2. The Bertz CT molecular complexity index is 278. The number of hydrogen-bond donors (Lipinski definition) is 0. The van der Waals surface area contributed by atoms with Gasteiger partial charge >= 0.3 is 5.97 Å². The quantitative estimate of drug-likeness (QED) is 0.448. The number of ether oxygens (including phenoxy) is 1. The van der Waals surface area contributed by atoms with Gasteiger partial charge in [0.1, 0.15) is 4.48 Å². The first-order valence-corrected chi connectivity index (χ1v) is 5.80. The van der Waals surface area contributed by atoms with Crippen LogP contribution in [0.4, 0.5) is 0 Å². The maximum Gasteiger partial charge on any atom is 0.345 e. The molecule has 0 aliphatic carbocycles. The van der Waals surface area contributed by atoms with Crippen molar-refractivity contribution < 1.29 is 9.53 Å². The summed E-state index contributed by atoms with van der Waals surface area (Å²) in [6.45, 7) is 4.09. The summed E-state index contributed by atoms with van der Waals surface area (Å²) in [5.74, 6) is -0.349. The second-order valence-corrected chi connectivity index (χ2v) is 3.76. The molecule has 0 atom stereocenters.